The lowest BCUT2D eigenvalue weighted by Crippen LogP contribution is -1.90. The molecule has 0 fully saturated rings. The van der Waals surface area contributed by atoms with Crippen LogP contribution in [0.15, 0.2) is 34.0 Å². The van der Waals surface area contributed by atoms with E-state index in [1.165, 1.54) is 6.20 Å². The van der Waals surface area contributed by atoms with Crippen LogP contribution in [0.5, 0.6) is 0 Å². The third-order valence-corrected chi connectivity index (χ3v) is 2.50. The van der Waals surface area contributed by atoms with Crippen LogP contribution in [0, 0.1) is 0 Å². The number of aromatic amines is 1. The van der Waals surface area contributed by atoms with Gasteiger partial charge < -0.3 is 4.98 Å². The Balaban J connectivity index is 2.66. The highest BCUT2D eigenvalue weighted by atomic mass is 79.9. The number of azide groups is 1. The smallest absolute Gasteiger partial charge is 0.251 e. The molecule has 74 valence electrons. The van der Waals surface area contributed by atoms with Gasteiger partial charge in [-0.2, -0.15) is 0 Å². The predicted molar refractivity (Wildman–Crippen MR) is 59.5 cm³/mol. The van der Waals surface area contributed by atoms with E-state index in [0.29, 0.717) is 5.56 Å². The third kappa shape index (κ3) is 1.72. The van der Waals surface area contributed by atoms with Gasteiger partial charge in [-0.25, -0.2) is 0 Å². The molecule has 1 heterocycles. The minimum atomic E-state index is -0.582. The fourth-order valence-electron chi connectivity index (χ4n) is 1.36. The molecular weight excluding hydrogens is 260 g/mol. The van der Waals surface area contributed by atoms with Gasteiger partial charge in [-0.1, -0.05) is 15.9 Å². The first-order chi connectivity index (χ1) is 7.22. The van der Waals surface area contributed by atoms with Crippen molar-refractivity contribution in [2.45, 2.75) is 0 Å². The molecule has 1 N–H and O–H groups in total. The van der Waals surface area contributed by atoms with Gasteiger partial charge in [0.1, 0.15) is 0 Å². The maximum absolute atomic E-state index is 11.4. The Morgan fingerprint density at radius 1 is 1.53 bits per heavy atom. The van der Waals surface area contributed by atoms with Crippen LogP contribution in [0.2, 0.25) is 0 Å². The van der Waals surface area contributed by atoms with Crippen molar-refractivity contribution in [3.05, 3.63) is 44.9 Å². The Morgan fingerprint density at radius 2 is 2.33 bits per heavy atom. The van der Waals surface area contributed by atoms with Crippen LogP contribution < -0.4 is 0 Å². The second kappa shape index (κ2) is 3.76. The number of H-pyrrole nitrogens is 1. The van der Waals surface area contributed by atoms with E-state index in [-0.39, 0.29) is 0 Å². The minimum Gasteiger partial charge on any atom is -0.360 e. The Hall–Kier alpha value is -1.78. The summed E-state index contributed by atoms with van der Waals surface area (Å²) >= 11 is 3.31. The van der Waals surface area contributed by atoms with E-state index in [1.807, 2.05) is 12.1 Å². The second-order valence-corrected chi connectivity index (χ2v) is 3.80. The number of fused-ring (bicyclic) bond motifs is 1. The highest BCUT2D eigenvalue weighted by Crippen LogP contribution is 2.23. The van der Waals surface area contributed by atoms with Crippen LogP contribution in [-0.4, -0.2) is 10.9 Å². The van der Waals surface area contributed by atoms with Gasteiger partial charge in [-0.3, -0.25) is 4.79 Å². The molecular formula is C9H5BrN4O. The number of halogens is 1. The Bertz CT molecular complexity index is 583. The molecule has 5 nitrogen and oxygen atoms in total. The summed E-state index contributed by atoms with van der Waals surface area (Å²) in [6.07, 6.45) is 1.54. The number of nitrogens with one attached hydrogen (secondary N) is 1. The molecule has 0 aliphatic rings. The lowest BCUT2D eigenvalue weighted by atomic mass is 10.2. The summed E-state index contributed by atoms with van der Waals surface area (Å²) in [5, 5.41) is 3.79. The molecule has 15 heavy (non-hydrogen) atoms. The van der Waals surface area contributed by atoms with E-state index in [1.54, 1.807) is 6.07 Å². The third-order valence-electron chi connectivity index (χ3n) is 2.01. The topological polar surface area (TPSA) is 81.6 Å². The fourth-order valence-corrected chi connectivity index (χ4v) is 1.73. The zero-order valence-electron chi connectivity index (χ0n) is 7.44. The van der Waals surface area contributed by atoms with Crippen molar-refractivity contribution in [1.82, 2.24) is 4.98 Å². The summed E-state index contributed by atoms with van der Waals surface area (Å²) in [6.45, 7) is 0. The molecule has 0 spiro atoms. The second-order valence-electron chi connectivity index (χ2n) is 2.89. The van der Waals surface area contributed by atoms with Gasteiger partial charge in [0.25, 0.3) is 5.91 Å². The summed E-state index contributed by atoms with van der Waals surface area (Å²) in [4.78, 5) is 16.8. The first kappa shape index (κ1) is 9.76. The monoisotopic (exact) mass is 264 g/mol. The zero-order chi connectivity index (χ0) is 10.8. The van der Waals surface area contributed by atoms with Gasteiger partial charge >= 0.3 is 0 Å². The molecule has 2 rings (SSSR count). The molecule has 2 aromatic rings. The molecule has 0 atom stereocenters. The first-order valence-electron chi connectivity index (χ1n) is 4.08. The normalized spacial score (nSPS) is 9.93. The van der Waals surface area contributed by atoms with Crippen LogP contribution >= 0.6 is 15.9 Å². The van der Waals surface area contributed by atoms with Gasteiger partial charge in [-0.05, 0) is 28.8 Å². The summed E-state index contributed by atoms with van der Waals surface area (Å²) in [6, 6.07) is 5.50. The number of amides is 1. The number of benzene rings is 1. The number of carbonyl (C=O) groups is 1. The van der Waals surface area contributed by atoms with Crippen molar-refractivity contribution in [2.24, 2.45) is 5.11 Å². The maximum atomic E-state index is 11.4. The quantitative estimate of drug-likeness (QED) is 0.478. The van der Waals surface area contributed by atoms with Gasteiger partial charge in [0.15, 0.2) is 0 Å². The van der Waals surface area contributed by atoms with E-state index in [2.05, 4.69) is 30.9 Å². The number of carbonyl (C=O) groups excluding carboxylic acids is 1. The highest BCUT2D eigenvalue weighted by Gasteiger charge is 2.10. The van der Waals surface area contributed by atoms with Crippen molar-refractivity contribution in [3.8, 4) is 0 Å². The van der Waals surface area contributed by atoms with Crippen LogP contribution in [0.3, 0.4) is 0 Å². The van der Waals surface area contributed by atoms with Crippen molar-refractivity contribution < 1.29 is 4.79 Å². The Morgan fingerprint density at radius 3 is 3.07 bits per heavy atom. The average molecular weight is 265 g/mol. The number of hydrogen-bond acceptors (Lipinski definition) is 1. The fraction of sp³-hybridized carbons (Fsp3) is 0. The maximum Gasteiger partial charge on any atom is 0.251 e. The van der Waals surface area contributed by atoms with Crippen molar-refractivity contribution in [2.75, 3.05) is 0 Å². The molecule has 0 radical (unpaired) electrons. The Kier molecular flexibility index (Phi) is 2.45. The standard InChI is InChI=1S/C9H5BrN4O/c10-5-1-2-8-6(3-5)7(4-12-8)9(15)13-14-11/h1-4,12H. The molecule has 0 aliphatic heterocycles. The largest absolute Gasteiger partial charge is 0.360 e. The molecule has 1 aromatic carbocycles. The van der Waals surface area contributed by atoms with E-state index in [9.17, 15) is 4.79 Å². The number of aromatic nitrogens is 1. The molecule has 0 saturated heterocycles. The van der Waals surface area contributed by atoms with Crippen molar-refractivity contribution >= 4 is 32.7 Å². The summed E-state index contributed by atoms with van der Waals surface area (Å²) in [7, 11) is 0. The first-order valence-corrected chi connectivity index (χ1v) is 4.88. The lowest BCUT2D eigenvalue weighted by Gasteiger charge is -1.93. The van der Waals surface area contributed by atoms with Crippen LogP contribution in [0.4, 0.5) is 0 Å². The van der Waals surface area contributed by atoms with Crippen molar-refractivity contribution in [3.63, 3.8) is 0 Å². The Labute approximate surface area is 92.8 Å². The molecule has 1 amide bonds. The number of nitrogens with zero attached hydrogens (tertiary/aromatic N) is 3. The van der Waals surface area contributed by atoms with Crippen molar-refractivity contribution in [1.29, 1.82) is 0 Å². The van der Waals surface area contributed by atoms with E-state index in [0.717, 1.165) is 15.4 Å². The molecule has 0 saturated carbocycles. The molecule has 0 bridgehead atoms. The minimum absolute atomic E-state index is 0.379. The van der Waals surface area contributed by atoms with E-state index >= 15 is 0 Å². The highest BCUT2D eigenvalue weighted by molar-refractivity contribution is 9.10. The van der Waals surface area contributed by atoms with E-state index < -0.39 is 5.91 Å². The van der Waals surface area contributed by atoms with Gasteiger partial charge in [0.05, 0.1) is 0 Å². The van der Waals surface area contributed by atoms with Crippen LogP contribution in [0.1, 0.15) is 10.4 Å². The average Bonchev–Trinajstić information content (AvgIpc) is 2.60. The molecule has 1 aromatic heterocycles. The molecule has 6 heteroatoms. The zero-order valence-corrected chi connectivity index (χ0v) is 9.02. The predicted octanol–water partition coefficient (Wildman–Crippen LogP) is 3.38. The number of rotatable bonds is 1. The lowest BCUT2D eigenvalue weighted by molar-refractivity contribution is 0.100. The van der Waals surface area contributed by atoms with Gasteiger partial charge in [0, 0.05) is 32.0 Å². The SMILES string of the molecule is [N-]=[N+]=NC(=O)c1c[nH]c2ccc(Br)cc12. The summed E-state index contributed by atoms with van der Waals surface area (Å²) < 4.78 is 0.865. The molecule has 0 aliphatic carbocycles. The summed E-state index contributed by atoms with van der Waals surface area (Å²) in [5.74, 6) is -0.582. The van der Waals surface area contributed by atoms with E-state index in [4.69, 9.17) is 5.53 Å². The van der Waals surface area contributed by atoms with Crippen LogP contribution in [-0.2, 0) is 0 Å². The molecule has 0 unspecified atom stereocenters. The number of hydrogen-bond donors (Lipinski definition) is 1. The summed E-state index contributed by atoms with van der Waals surface area (Å²) in [5.41, 5.74) is 9.39. The van der Waals surface area contributed by atoms with Crippen LogP contribution in [0.25, 0.3) is 21.3 Å². The van der Waals surface area contributed by atoms with Gasteiger partial charge in [-0.15, -0.1) is 0 Å². The van der Waals surface area contributed by atoms with Gasteiger partial charge in [0.2, 0.25) is 0 Å².